The Hall–Kier alpha value is -6.98. The average molecular weight is 1090 g/mol. The van der Waals surface area contributed by atoms with Crippen LogP contribution < -0.4 is 25.1 Å². The van der Waals surface area contributed by atoms with E-state index >= 15 is 0 Å². The molecule has 0 saturated heterocycles. The highest BCUT2D eigenvalue weighted by molar-refractivity contribution is 7.89. The third-order valence-corrected chi connectivity index (χ3v) is 14.1. The van der Waals surface area contributed by atoms with Crippen LogP contribution in [0.1, 0.15) is 81.8 Å². The van der Waals surface area contributed by atoms with E-state index < -0.39 is 63.4 Å². The standard InChI is InChI=1S/C50H61N9O11S2.2C2H6/c1-36-26-40(13-17-46(36)72(52,67)68)19-24-56(29-37(2)60)48(62)32-58(30-41-12-16-44-45(27-41)70-35-69-44)49(63)31-57(23-18-39-10-14-43(15-11-39)71(51,65)66)50(64)33-59(38(3)42-8-5-4-6-9-42)47(61)28-53-20-7-22-55-25-21-54-34-55;2*1-2/h4-6,8-17,21,25-27,34,38,53H,7,18-20,22-24,28-33,35H2,1-3H3,(H2,51,65,66)(H2,52,67,68);2*1-2H3. The Morgan fingerprint density at radius 2 is 1.29 bits per heavy atom. The Morgan fingerprint density at radius 3 is 1.91 bits per heavy atom. The Bertz CT molecular complexity index is 2920. The van der Waals surface area contributed by atoms with E-state index in [2.05, 4.69) is 10.3 Å². The van der Waals surface area contributed by atoms with Crippen LogP contribution in [0.2, 0.25) is 0 Å². The fourth-order valence-electron chi connectivity index (χ4n) is 8.13. The maximum atomic E-state index is 14.8. The minimum atomic E-state index is -3.99. The zero-order valence-corrected chi connectivity index (χ0v) is 46.1. The number of benzene rings is 4. The van der Waals surface area contributed by atoms with Crippen LogP contribution in [-0.4, -0.2) is 135 Å². The molecule has 20 nitrogen and oxygen atoms in total. The number of nitrogens with one attached hydrogen (secondary N) is 1. The molecule has 76 heavy (non-hydrogen) atoms. The zero-order valence-electron chi connectivity index (χ0n) is 44.5. The molecule has 0 bridgehead atoms. The predicted octanol–water partition coefficient (Wildman–Crippen LogP) is 4.60. The van der Waals surface area contributed by atoms with Gasteiger partial charge in [0.25, 0.3) is 0 Å². The monoisotopic (exact) mass is 1090 g/mol. The molecule has 6 rings (SSSR count). The Balaban J connectivity index is 0.00000305. The number of amides is 4. The summed E-state index contributed by atoms with van der Waals surface area (Å²) in [6.45, 7) is 12.0. The molecule has 5 aromatic rings. The second kappa shape index (κ2) is 29.9. The van der Waals surface area contributed by atoms with Crippen molar-refractivity contribution in [2.75, 3.05) is 59.2 Å². The summed E-state index contributed by atoms with van der Waals surface area (Å²) in [6.07, 6.45) is 6.35. The van der Waals surface area contributed by atoms with Crippen molar-refractivity contribution in [3.05, 3.63) is 138 Å². The van der Waals surface area contributed by atoms with Gasteiger partial charge in [-0.25, -0.2) is 32.1 Å². The van der Waals surface area contributed by atoms with Gasteiger partial charge in [-0.2, -0.15) is 0 Å². The maximum Gasteiger partial charge on any atom is 0.242 e. The molecule has 22 heteroatoms. The first-order chi connectivity index (χ1) is 36.2. The van der Waals surface area contributed by atoms with Crippen LogP contribution in [0.3, 0.4) is 0 Å². The third kappa shape index (κ3) is 19.0. The molecule has 2 heterocycles. The van der Waals surface area contributed by atoms with Crippen molar-refractivity contribution in [2.45, 2.75) is 96.7 Å². The van der Waals surface area contributed by atoms with Crippen LogP contribution in [0.25, 0.3) is 0 Å². The molecule has 412 valence electrons. The second-order valence-electron chi connectivity index (χ2n) is 17.5. The van der Waals surface area contributed by atoms with Gasteiger partial charge in [0, 0.05) is 38.6 Å². The molecule has 1 atom stereocenters. The van der Waals surface area contributed by atoms with Crippen LogP contribution in [0, 0.1) is 6.92 Å². The molecule has 5 N–H and O–H groups in total. The molecule has 4 amide bonds. The normalized spacial score (nSPS) is 12.0. The lowest BCUT2D eigenvalue weighted by molar-refractivity contribution is -0.147. The SMILES string of the molecule is CC.CC.CC(=O)CN(CCc1ccc(S(N)(=O)=O)c(C)c1)C(=O)CN(Cc1ccc2c(c1)OCO2)C(=O)CN(CCc1ccc(S(N)(=O)=O)cc1)C(=O)CN(C(=O)CNCCCn1ccnc1)C(C)c1ccccc1. The first-order valence-electron chi connectivity index (χ1n) is 25.2. The number of Topliss-reactive ketones (excluding diaryl/α,β-unsaturated/α-hetero) is 1. The van der Waals surface area contributed by atoms with E-state index in [0.29, 0.717) is 53.3 Å². The lowest BCUT2D eigenvalue weighted by Crippen LogP contribution is -2.51. The molecule has 0 radical (unpaired) electrons. The van der Waals surface area contributed by atoms with Gasteiger partial charge in [0.15, 0.2) is 11.5 Å². The minimum Gasteiger partial charge on any atom is -0.454 e. The fourth-order valence-corrected chi connectivity index (χ4v) is 9.41. The van der Waals surface area contributed by atoms with Gasteiger partial charge in [0.1, 0.15) is 18.9 Å². The highest BCUT2D eigenvalue weighted by atomic mass is 32.2. The van der Waals surface area contributed by atoms with E-state index in [9.17, 15) is 40.8 Å². The van der Waals surface area contributed by atoms with E-state index in [-0.39, 0.29) is 73.8 Å². The number of ether oxygens (including phenoxy) is 2. The molecule has 0 aliphatic carbocycles. The van der Waals surface area contributed by atoms with E-state index in [1.165, 1.54) is 44.7 Å². The minimum absolute atomic E-state index is 0.00317. The Morgan fingerprint density at radius 1 is 0.697 bits per heavy atom. The molecule has 0 spiro atoms. The van der Waals surface area contributed by atoms with Gasteiger partial charge in [-0.15, -0.1) is 0 Å². The largest absolute Gasteiger partial charge is 0.454 e. The van der Waals surface area contributed by atoms with Crippen LogP contribution in [-0.2, 0) is 70.0 Å². The van der Waals surface area contributed by atoms with Crippen LogP contribution in [0.4, 0.5) is 0 Å². The molecule has 0 fully saturated rings. The van der Waals surface area contributed by atoms with Crippen LogP contribution in [0.5, 0.6) is 11.5 Å². The maximum absolute atomic E-state index is 14.8. The van der Waals surface area contributed by atoms with Gasteiger partial charge in [-0.05, 0) is 105 Å². The van der Waals surface area contributed by atoms with Crippen molar-refractivity contribution in [2.24, 2.45) is 10.3 Å². The molecule has 1 aliphatic heterocycles. The number of carbonyl (C=O) groups is 5. The summed E-state index contributed by atoms with van der Waals surface area (Å²) >= 11 is 0. The number of imidazole rings is 1. The van der Waals surface area contributed by atoms with Crippen molar-refractivity contribution in [1.82, 2.24) is 34.5 Å². The smallest absolute Gasteiger partial charge is 0.242 e. The quantitative estimate of drug-likeness (QED) is 0.0641. The Kier molecular flexibility index (Phi) is 24.3. The molecule has 1 aromatic heterocycles. The van der Waals surface area contributed by atoms with Gasteiger partial charge < -0.3 is 39.0 Å². The summed E-state index contributed by atoms with van der Waals surface area (Å²) in [7, 11) is -7.96. The summed E-state index contributed by atoms with van der Waals surface area (Å²) in [5.74, 6) is -1.53. The number of nitrogens with two attached hydrogens (primary N) is 2. The molecular formula is C54H73N9O11S2. The summed E-state index contributed by atoms with van der Waals surface area (Å²) in [4.78, 5) is 79.9. The lowest BCUT2D eigenvalue weighted by Gasteiger charge is -2.33. The van der Waals surface area contributed by atoms with Crippen molar-refractivity contribution in [1.29, 1.82) is 0 Å². The summed E-state index contributed by atoms with van der Waals surface area (Å²) in [5.41, 5.74) is 3.06. The highest BCUT2D eigenvalue weighted by Crippen LogP contribution is 2.33. The molecule has 4 aromatic carbocycles. The van der Waals surface area contributed by atoms with Gasteiger partial charge in [0.05, 0.1) is 41.8 Å². The molecule has 0 saturated carbocycles. The lowest BCUT2D eigenvalue weighted by atomic mass is 10.1. The Labute approximate surface area is 447 Å². The number of ketones is 1. The molecule has 1 unspecified atom stereocenters. The number of primary sulfonamides is 2. The topological polar surface area (TPSA) is 267 Å². The van der Waals surface area contributed by atoms with Gasteiger partial charge in [-0.3, -0.25) is 24.0 Å². The summed E-state index contributed by atoms with van der Waals surface area (Å²) in [5, 5.41) is 13.9. The summed E-state index contributed by atoms with van der Waals surface area (Å²) < 4.78 is 61.2. The van der Waals surface area contributed by atoms with Crippen LogP contribution in [0.15, 0.2) is 120 Å². The number of fused-ring (bicyclic) bond motifs is 1. The van der Waals surface area contributed by atoms with E-state index in [1.54, 1.807) is 61.9 Å². The van der Waals surface area contributed by atoms with Gasteiger partial charge in [-0.1, -0.05) is 88.4 Å². The highest BCUT2D eigenvalue weighted by Gasteiger charge is 2.30. The second-order valence-corrected chi connectivity index (χ2v) is 20.6. The van der Waals surface area contributed by atoms with Gasteiger partial charge >= 0.3 is 0 Å². The number of hydrogen-bond donors (Lipinski definition) is 3. The number of rotatable bonds is 26. The van der Waals surface area contributed by atoms with Crippen molar-refractivity contribution >= 4 is 49.5 Å². The first kappa shape index (κ1) is 61.6. The number of aryl methyl sites for hydroxylation is 2. The van der Waals surface area contributed by atoms with Gasteiger partial charge in [0.2, 0.25) is 50.5 Å². The number of hydrogen-bond acceptors (Lipinski definition) is 13. The van der Waals surface area contributed by atoms with Crippen LogP contribution >= 0.6 is 0 Å². The van der Waals surface area contributed by atoms with Crippen molar-refractivity contribution in [3.63, 3.8) is 0 Å². The number of aromatic nitrogens is 2. The fraction of sp³-hybridized carbons (Fsp3) is 0.407. The van der Waals surface area contributed by atoms with E-state index in [4.69, 9.17) is 19.8 Å². The zero-order chi connectivity index (χ0) is 56.0. The summed E-state index contributed by atoms with van der Waals surface area (Å²) in [6, 6.07) is 24.1. The first-order valence-corrected chi connectivity index (χ1v) is 28.3. The predicted molar refractivity (Wildman–Crippen MR) is 289 cm³/mol. The van der Waals surface area contributed by atoms with E-state index in [0.717, 1.165) is 5.56 Å². The third-order valence-electron chi connectivity index (χ3n) is 12.1. The van der Waals surface area contributed by atoms with E-state index in [1.807, 2.05) is 75.7 Å². The average Bonchev–Trinajstić information content (AvgIpc) is 4.11. The molecule has 1 aliphatic rings. The number of sulfonamides is 2. The number of nitrogens with zero attached hydrogens (tertiary/aromatic N) is 6. The number of carbonyl (C=O) groups excluding carboxylic acids is 5. The molecular weight excluding hydrogens is 1010 g/mol. The van der Waals surface area contributed by atoms with Crippen molar-refractivity contribution in [3.8, 4) is 11.5 Å². The van der Waals surface area contributed by atoms with Crippen molar-refractivity contribution < 1.29 is 50.3 Å².